The number of rotatable bonds is 4. The zero-order chi connectivity index (χ0) is 17.8. The Labute approximate surface area is 152 Å². The predicted octanol–water partition coefficient (Wildman–Crippen LogP) is 2.07. The van der Waals surface area contributed by atoms with Crippen molar-refractivity contribution in [3.05, 3.63) is 54.1 Å². The van der Waals surface area contributed by atoms with E-state index >= 15 is 0 Å². The van der Waals surface area contributed by atoms with Crippen molar-refractivity contribution in [3.63, 3.8) is 0 Å². The van der Waals surface area contributed by atoms with E-state index in [4.69, 9.17) is 9.47 Å². The Morgan fingerprint density at radius 3 is 2.62 bits per heavy atom. The molecule has 7 heteroatoms. The van der Waals surface area contributed by atoms with Crippen LogP contribution in [0.1, 0.15) is 28.9 Å². The molecule has 0 bridgehead atoms. The van der Waals surface area contributed by atoms with Crippen molar-refractivity contribution in [2.75, 3.05) is 31.6 Å². The fourth-order valence-electron chi connectivity index (χ4n) is 3.33. The number of nitrogens with one attached hydrogen (secondary N) is 1. The summed E-state index contributed by atoms with van der Waals surface area (Å²) in [5.74, 6) is -0.513. The van der Waals surface area contributed by atoms with Crippen LogP contribution in [0.4, 0.5) is 5.69 Å². The number of nitrogens with zero attached hydrogens (tertiary/aromatic N) is 3. The van der Waals surface area contributed by atoms with Crippen molar-refractivity contribution in [1.82, 2.24) is 14.9 Å². The number of aromatic nitrogens is 2. The van der Waals surface area contributed by atoms with Crippen molar-refractivity contribution in [2.45, 2.75) is 25.2 Å². The van der Waals surface area contributed by atoms with Crippen LogP contribution in [0, 0.1) is 0 Å². The first kappa shape index (κ1) is 16.9. The van der Waals surface area contributed by atoms with Crippen molar-refractivity contribution in [2.24, 2.45) is 0 Å². The Morgan fingerprint density at radius 1 is 1.15 bits per heavy atom. The van der Waals surface area contributed by atoms with E-state index in [1.807, 2.05) is 29.3 Å². The zero-order valence-corrected chi connectivity index (χ0v) is 14.6. The van der Waals surface area contributed by atoms with E-state index in [1.165, 1.54) is 0 Å². The summed E-state index contributed by atoms with van der Waals surface area (Å²) in [7, 11) is 0. The fourth-order valence-corrected chi connectivity index (χ4v) is 3.33. The van der Waals surface area contributed by atoms with Crippen LogP contribution in [0.2, 0.25) is 0 Å². The first-order chi connectivity index (χ1) is 12.7. The molecule has 4 rings (SSSR count). The van der Waals surface area contributed by atoms with Crippen LogP contribution in [0.5, 0.6) is 0 Å². The summed E-state index contributed by atoms with van der Waals surface area (Å²) >= 11 is 0. The first-order valence-corrected chi connectivity index (χ1v) is 8.90. The standard InChI is InChI=1S/C19H22N4O3/c24-18(23-8-5-19(6-9-23)25-10-11-26-19)17-4-3-16(14-22-17)21-13-15-2-1-7-20-12-15/h1-4,7,12,14,21H,5-6,8-11,13H2. The van der Waals surface area contributed by atoms with Gasteiger partial charge in [-0.05, 0) is 23.8 Å². The van der Waals surface area contributed by atoms with Gasteiger partial charge in [0.2, 0.25) is 0 Å². The topological polar surface area (TPSA) is 76.6 Å². The molecule has 0 radical (unpaired) electrons. The third kappa shape index (κ3) is 3.68. The summed E-state index contributed by atoms with van der Waals surface area (Å²) < 4.78 is 11.4. The van der Waals surface area contributed by atoms with Gasteiger partial charge in [-0.15, -0.1) is 0 Å². The molecule has 2 saturated heterocycles. The van der Waals surface area contributed by atoms with Gasteiger partial charge < -0.3 is 19.7 Å². The van der Waals surface area contributed by atoms with Crippen LogP contribution in [-0.4, -0.2) is 52.9 Å². The highest BCUT2D eigenvalue weighted by atomic mass is 16.7. The summed E-state index contributed by atoms with van der Waals surface area (Å²) in [5.41, 5.74) is 2.42. The summed E-state index contributed by atoms with van der Waals surface area (Å²) in [5, 5.41) is 3.28. The molecule has 0 saturated carbocycles. The van der Waals surface area contributed by atoms with Crippen LogP contribution in [0.3, 0.4) is 0 Å². The number of ether oxygens (including phenoxy) is 2. The number of pyridine rings is 2. The van der Waals surface area contributed by atoms with E-state index in [9.17, 15) is 4.79 Å². The highest BCUT2D eigenvalue weighted by Gasteiger charge is 2.40. The van der Waals surface area contributed by atoms with Gasteiger partial charge in [0, 0.05) is 44.9 Å². The highest BCUT2D eigenvalue weighted by Crippen LogP contribution is 2.31. The molecule has 136 valence electrons. The second-order valence-electron chi connectivity index (χ2n) is 6.55. The molecule has 2 fully saturated rings. The quantitative estimate of drug-likeness (QED) is 0.906. The summed E-state index contributed by atoms with van der Waals surface area (Å²) in [4.78, 5) is 22.9. The van der Waals surface area contributed by atoms with E-state index in [0.29, 0.717) is 51.4 Å². The minimum atomic E-state index is -0.468. The molecule has 7 nitrogen and oxygen atoms in total. The molecule has 1 spiro atoms. The van der Waals surface area contributed by atoms with E-state index in [0.717, 1.165) is 11.3 Å². The molecule has 2 aliphatic heterocycles. The Bertz CT molecular complexity index is 735. The molecule has 1 amide bonds. The van der Waals surface area contributed by atoms with Gasteiger partial charge in [-0.1, -0.05) is 6.07 Å². The molecule has 2 aliphatic rings. The molecule has 26 heavy (non-hydrogen) atoms. The van der Waals surface area contributed by atoms with Gasteiger partial charge in [0.15, 0.2) is 5.79 Å². The van der Waals surface area contributed by atoms with Crippen LogP contribution in [0.15, 0.2) is 42.9 Å². The molecule has 4 heterocycles. The van der Waals surface area contributed by atoms with Crippen molar-refractivity contribution in [1.29, 1.82) is 0 Å². The van der Waals surface area contributed by atoms with Crippen LogP contribution < -0.4 is 5.32 Å². The van der Waals surface area contributed by atoms with E-state index in [2.05, 4.69) is 15.3 Å². The Kier molecular flexibility index (Phi) is 4.81. The molecule has 0 unspecified atom stereocenters. The lowest BCUT2D eigenvalue weighted by atomic mass is 10.0. The molecule has 0 aromatic carbocycles. The lowest BCUT2D eigenvalue weighted by molar-refractivity contribution is -0.181. The van der Waals surface area contributed by atoms with Gasteiger partial charge in [0.1, 0.15) is 5.69 Å². The monoisotopic (exact) mass is 354 g/mol. The fraction of sp³-hybridized carbons (Fsp3) is 0.421. The number of likely N-dealkylation sites (tertiary alicyclic amines) is 1. The third-order valence-electron chi connectivity index (χ3n) is 4.83. The maximum absolute atomic E-state index is 12.6. The van der Waals surface area contributed by atoms with Gasteiger partial charge in [0.25, 0.3) is 5.91 Å². The van der Waals surface area contributed by atoms with Gasteiger partial charge >= 0.3 is 0 Å². The SMILES string of the molecule is O=C(c1ccc(NCc2cccnc2)cn1)N1CCC2(CC1)OCCO2. The lowest BCUT2D eigenvalue weighted by Gasteiger charge is -2.37. The number of carbonyl (C=O) groups is 1. The lowest BCUT2D eigenvalue weighted by Crippen LogP contribution is -2.47. The molecule has 0 aliphatic carbocycles. The van der Waals surface area contributed by atoms with Gasteiger partial charge in [-0.3, -0.25) is 9.78 Å². The summed E-state index contributed by atoms with van der Waals surface area (Å²) in [6.07, 6.45) is 6.68. The van der Waals surface area contributed by atoms with E-state index < -0.39 is 5.79 Å². The normalized spacial score (nSPS) is 18.8. The largest absolute Gasteiger partial charge is 0.380 e. The van der Waals surface area contributed by atoms with Crippen LogP contribution in [-0.2, 0) is 16.0 Å². The first-order valence-electron chi connectivity index (χ1n) is 8.90. The smallest absolute Gasteiger partial charge is 0.272 e. The van der Waals surface area contributed by atoms with Crippen molar-refractivity contribution in [3.8, 4) is 0 Å². The van der Waals surface area contributed by atoms with Crippen molar-refractivity contribution < 1.29 is 14.3 Å². The number of hydrogen-bond acceptors (Lipinski definition) is 6. The van der Waals surface area contributed by atoms with Gasteiger partial charge in [0.05, 0.1) is 25.1 Å². The average molecular weight is 354 g/mol. The predicted molar refractivity (Wildman–Crippen MR) is 95.6 cm³/mol. The second-order valence-corrected chi connectivity index (χ2v) is 6.55. The summed E-state index contributed by atoms with van der Waals surface area (Å²) in [6.45, 7) is 3.20. The summed E-state index contributed by atoms with van der Waals surface area (Å²) in [6, 6.07) is 7.56. The Morgan fingerprint density at radius 2 is 1.96 bits per heavy atom. The maximum Gasteiger partial charge on any atom is 0.272 e. The minimum absolute atomic E-state index is 0.0448. The maximum atomic E-state index is 12.6. The molecule has 2 aromatic heterocycles. The zero-order valence-electron chi connectivity index (χ0n) is 14.6. The molecular formula is C19H22N4O3. The Hall–Kier alpha value is -2.51. The number of carbonyl (C=O) groups excluding carboxylic acids is 1. The molecule has 2 aromatic rings. The molecule has 1 N–H and O–H groups in total. The van der Waals surface area contributed by atoms with Crippen LogP contribution in [0.25, 0.3) is 0 Å². The number of anilines is 1. The number of amides is 1. The highest BCUT2D eigenvalue weighted by molar-refractivity contribution is 5.92. The van der Waals surface area contributed by atoms with Crippen LogP contribution >= 0.6 is 0 Å². The van der Waals surface area contributed by atoms with Gasteiger partial charge in [-0.25, -0.2) is 4.98 Å². The molecule has 0 atom stereocenters. The number of hydrogen-bond donors (Lipinski definition) is 1. The average Bonchev–Trinajstić information content (AvgIpc) is 3.16. The van der Waals surface area contributed by atoms with Gasteiger partial charge in [-0.2, -0.15) is 0 Å². The minimum Gasteiger partial charge on any atom is -0.380 e. The van der Waals surface area contributed by atoms with E-state index in [-0.39, 0.29) is 5.91 Å². The number of piperidine rings is 1. The third-order valence-corrected chi connectivity index (χ3v) is 4.83. The molecular weight excluding hydrogens is 332 g/mol. The Balaban J connectivity index is 1.32. The van der Waals surface area contributed by atoms with Crippen molar-refractivity contribution >= 4 is 11.6 Å². The second kappa shape index (κ2) is 7.39. The van der Waals surface area contributed by atoms with E-state index in [1.54, 1.807) is 18.5 Å².